The summed E-state index contributed by atoms with van der Waals surface area (Å²) in [5.41, 5.74) is 3.56. The molecule has 106 valence electrons. The summed E-state index contributed by atoms with van der Waals surface area (Å²) >= 11 is 0. The molecule has 1 aromatic heterocycles. The van der Waals surface area contributed by atoms with Crippen LogP contribution >= 0.6 is 0 Å². The maximum Gasteiger partial charge on any atom is 0.164 e. The van der Waals surface area contributed by atoms with Crippen LogP contribution in [0.15, 0.2) is 6.07 Å². The fraction of sp³-hybridized carbons (Fsp3) is 0.706. The average molecular weight is 261 g/mol. The summed E-state index contributed by atoms with van der Waals surface area (Å²) in [6.07, 6.45) is 6.62. The van der Waals surface area contributed by atoms with Crippen molar-refractivity contribution in [3.05, 3.63) is 23.0 Å². The molecule has 1 aliphatic carbocycles. The summed E-state index contributed by atoms with van der Waals surface area (Å²) in [5, 5.41) is 0. The number of nitrogens with zero attached hydrogens (tertiary/aromatic N) is 1. The van der Waals surface area contributed by atoms with Gasteiger partial charge in [0.05, 0.1) is 0 Å². The second kappa shape index (κ2) is 5.94. The summed E-state index contributed by atoms with van der Waals surface area (Å²) in [7, 11) is 0. The Kier molecular flexibility index (Phi) is 4.49. The van der Waals surface area contributed by atoms with Crippen LogP contribution in [0.5, 0.6) is 0 Å². The minimum atomic E-state index is 0.345. The van der Waals surface area contributed by atoms with Gasteiger partial charge in [0.15, 0.2) is 5.78 Å². The van der Waals surface area contributed by atoms with E-state index in [9.17, 15) is 4.79 Å². The number of fused-ring (bicyclic) bond motifs is 1. The Morgan fingerprint density at radius 2 is 1.95 bits per heavy atom. The maximum absolute atomic E-state index is 12.0. The van der Waals surface area contributed by atoms with Crippen molar-refractivity contribution in [2.24, 2.45) is 5.92 Å². The zero-order chi connectivity index (χ0) is 14.0. The number of Topliss-reactive ketones (excluding diaryl/α,β-unsaturated/α-hetero) is 1. The molecule has 0 fully saturated rings. The van der Waals surface area contributed by atoms with Gasteiger partial charge in [-0.05, 0) is 45.1 Å². The molecule has 1 atom stereocenters. The zero-order valence-corrected chi connectivity index (χ0v) is 12.8. The van der Waals surface area contributed by atoms with E-state index in [1.165, 1.54) is 30.7 Å². The fourth-order valence-electron chi connectivity index (χ4n) is 3.32. The Balaban J connectivity index is 2.13. The van der Waals surface area contributed by atoms with Crippen LogP contribution in [0.1, 0.15) is 80.7 Å². The SMILES string of the molecule is Cc1cc2c(n1C(C)CCCC(C)C)CCCC2=O. The number of hydrogen-bond donors (Lipinski definition) is 0. The monoisotopic (exact) mass is 261 g/mol. The number of carbonyl (C=O) groups excluding carboxylic acids is 1. The fourth-order valence-corrected chi connectivity index (χ4v) is 3.32. The molecule has 0 N–H and O–H groups in total. The quantitative estimate of drug-likeness (QED) is 0.752. The molecule has 0 amide bonds. The molecule has 0 radical (unpaired) electrons. The Hall–Kier alpha value is -1.05. The standard InChI is InChI=1S/C17H27NO/c1-12(2)7-5-8-13(3)18-14(4)11-15-16(18)9-6-10-17(15)19/h11-13H,5-10H2,1-4H3. The van der Waals surface area contributed by atoms with Crippen LogP contribution in [0, 0.1) is 12.8 Å². The van der Waals surface area contributed by atoms with E-state index in [0.717, 1.165) is 30.7 Å². The summed E-state index contributed by atoms with van der Waals surface area (Å²) < 4.78 is 2.42. The van der Waals surface area contributed by atoms with Crippen molar-refractivity contribution in [2.45, 2.75) is 72.3 Å². The van der Waals surface area contributed by atoms with Gasteiger partial charge in [0.1, 0.15) is 0 Å². The minimum absolute atomic E-state index is 0.345. The highest BCUT2D eigenvalue weighted by Gasteiger charge is 2.24. The van der Waals surface area contributed by atoms with Crippen LogP contribution in [-0.2, 0) is 6.42 Å². The molecule has 19 heavy (non-hydrogen) atoms. The van der Waals surface area contributed by atoms with Gasteiger partial charge in [-0.25, -0.2) is 0 Å². The number of hydrogen-bond acceptors (Lipinski definition) is 1. The zero-order valence-electron chi connectivity index (χ0n) is 12.8. The lowest BCUT2D eigenvalue weighted by molar-refractivity contribution is 0.0971. The third-order valence-corrected chi connectivity index (χ3v) is 4.30. The van der Waals surface area contributed by atoms with Gasteiger partial charge in [-0.3, -0.25) is 4.79 Å². The first-order valence-corrected chi connectivity index (χ1v) is 7.74. The second-order valence-electron chi connectivity index (χ2n) is 6.47. The smallest absolute Gasteiger partial charge is 0.164 e. The molecule has 0 saturated carbocycles. The van der Waals surface area contributed by atoms with E-state index in [4.69, 9.17) is 0 Å². The molecule has 2 heteroatoms. The molecule has 1 unspecified atom stereocenters. The maximum atomic E-state index is 12.0. The molecule has 0 saturated heterocycles. The molecule has 1 aromatic rings. The number of carbonyl (C=O) groups is 1. The Morgan fingerprint density at radius 3 is 2.63 bits per heavy atom. The van der Waals surface area contributed by atoms with E-state index >= 15 is 0 Å². The van der Waals surface area contributed by atoms with Gasteiger partial charge >= 0.3 is 0 Å². The average Bonchev–Trinajstić information content (AvgIpc) is 2.66. The number of rotatable bonds is 5. The van der Waals surface area contributed by atoms with Gasteiger partial charge in [-0.15, -0.1) is 0 Å². The molecule has 2 nitrogen and oxygen atoms in total. The van der Waals surface area contributed by atoms with Crippen molar-refractivity contribution < 1.29 is 4.79 Å². The molecule has 0 aromatic carbocycles. The summed E-state index contributed by atoms with van der Waals surface area (Å²) in [6.45, 7) is 9.01. The van der Waals surface area contributed by atoms with Gasteiger partial charge in [-0.1, -0.05) is 26.7 Å². The number of aromatic nitrogens is 1. The van der Waals surface area contributed by atoms with Crippen molar-refractivity contribution in [3.63, 3.8) is 0 Å². The molecule has 0 bridgehead atoms. The lowest BCUT2D eigenvalue weighted by Gasteiger charge is -2.22. The highest BCUT2D eigenvalue weighted by atomic mass is 16.1. The van der Waals surface area contributed by atoms with Crippen LogP contribution in [0.2, 0.25) is 0 Å². The summed E-state index contributed by atoms with van der Waals surface area (Å²) in [6, 6.07) is 2.63. The molecular weight excluding hydrogens is 234 g/mol. The van der Waals surface area contributed by atoms with Crippen molar-refractivity contribution >= 4 is 5.78 Å². The Labute approximate surface area is 117 Å². The van der Waals surface area contributed by atoms with Crippen molar-refractivity contribution in [3.8, 4) is 0 Å². The predicted octanol–water partition coefficient (Wildman–Crippen LogP) is 4.70. The van der Waals surface area contributed by atoms with Gasteiger partial charge < -0.3 is 4.57 Å². The topological polar surface area (TPSA) is 22.0 Å². The van der Waals surface area contributed by atoms with Crippen LogP contribution in [-0.4, -0.2) is 10.4 Å². The van der Waals surface area contributed by atoms with E-state index < -0.39 is 0 Å². The van der Waals surface area contributed by atoms with E-state index in [2.05, 4.69) is 38.3 Å². The number of ketones is 1. The molecular formula is C17H27NO. The van der Waals surface area contributed by atoms with Crippen LogP contribution < -0.4 is 0 Å². The molecule has 1 aliphatic rings. The van der Waals surface area contributed by atoms with Gasteiger partial charge in [0.25, 0.3) is 0 Å². The summed E-state index contributed by atoms with van der Waals surface area (Å²) in [5.74, 6) is 1.13. The van der Waals surface area contributed by atoms with Crippen LogP contribution in [0.25, 0.3) is 0 Å². The third-order valence-electron chi connectivity index (χ3n) is 4.30. The highest BCUT2D eigenvalue weighted by Crippen LogP contribution is 2.30. The third kappa shape index (κ3) is 3.10. The Morgan fingerprint density at radius 1 is 1.21 bits per heavy atom. The van der Waals surface area contributed by atoms with E-state index in [1.54, 1.807) is 0 Å². The van der Waals surface area contributed by atoms with Crippen molar-refractivity contribution in [1.82, 2.24) is 4.57 Å². The first kappa shape index (κ1) is 14.4. The Bertz CT molecular complexity index is 456. The minimum Gasteiger partial charge on any atom is -0.345 e. The largest absolute Gasteiger partial charge is 0.345 e. The first-order valence-electron chi connectivity index (χ1n) is 7.74. The summed E-state index contributed by atoms with van der Waals surface area (Å²) in [4.78, 5) is 12.0. The number of aryl methyl sites for hydroxylation is 1. The highest BCUT2D eigenvalue weighted by molar-refractivity contribution is 5.98. The predicted molar refractivity (Wildman–Crippen MR) is 79.8 cm³/mol. The van der Waals surface area contributed by atoms with E-state index in [1.807, 2.05) is 0 Å². The van der Waals surface area contributed by atoms with Gasteiger partial charge in [0, 0.05) is 29.4 Å². The molecule has 0 spiro atoms. The van der Waals surface area contributed by atoms with Crippen molar-refractivity contribution in [2.75, 3.05) is 0 Å². The first-order chi connectivity index (χ1) is 9.00. The van der Waals surface area contributed by atoms with E-state index in [-0.39, 0.29) is 0 Å². The molecule has 0 aliphatic heterocycles. The molecule has 2 rings (SSSR count). The van der Waals surface area contributed by atoms with Gasteiger partial charge in [-0.2, -0.15) is 0 Å². The van der Waals surface area contributed by atoms with E-state index in [0.29, 0.717) is 11.8 Å². The lowest BCUT2D eigenvalue weighted by Crippen LogP contribution is -2.16. The molecule has 1 heterocycles. The van der Waals surface area contributed by atoms with Crippen molar-refractivity contribution in [1.29, 1.82) is 0 Å². The second-order valence-corrected chi connectivity index (χ2v) is 6.47. The van der Waals surface area contributed by atoms with Crippen LogP contribution in [0.4, 0.5) is 0 Å². The lowest BCUT2D eigenvalue weighted by atomic mass is 9.96. The van der Waals surface area contributed by atoms with Gasteiger partial charge in [0.2, 0.25) is 0 Å². The normalized spacial score (nSPS) is 16.8. The van der Waals surface area contributed by atoms with Crippen LogP contribution in [0.3, 0.4) is 0 Å².